The molecular weight excluding hydrogens is 202 g/mol. The Morgan fingerprint density at radius 2 is 1.75 bits per heavy atom. The molecule has 3 N–H and O–H groups in total. The lowest BCUT2D eigenvalue weighted by Crippen LogP contribution is -2.56. The first kappa shape index (κ1) is 13.9. The first-order chi connectivity index (χ1) is 7.54. The zero-order chi connectivity index (χ0) is 12.1. The van der Waals surface area contributed by atoms with Crippen molar-refractivity contribution >= 4 is 0 Å². The van der Waals surface area contributed by atoms with Crippen LogP contribution in [0.5, 0.6) is 0 Å². The van der Waals surface area contributed by atoms with E-state index in [1.165, 1.54) is 0 Å². The summed E-state index contributed by atoms with van der Waals surface area (Å²) in [6.45, 7) is 8.73. The van der Waals surface area contributed by atoms with Gasteiger partial charge in [0.05, 0.1) is 6.61 Å². The monoisotopic (exact) mass is 229 g/mol. The standard InChI is InChI=1S/C12H27N3O/c1-10(2)8-11(13)12(9-16)15-6-4-14(3)5-7-15/h10-12,16H,4-9,13H2,1-3H3. The molecule has 16 heavy (non-hydrogen) atoms. The lowest BCUT2D eigenvalue weighted by molar-refractivity contribution is 0.0580. The van der Waals surface area contributed by atoms with Crippen molar-refractivity contribution in [3.63, 3.8) is 0 Å². The molecule has 0 aromatic carbocycles. The fourth-order valence-corrected chi connectivity index (χ4v) is 2.38. The Labute approximate surface area is 99.4 Å². The summed E-state index contributed by atoms with van der Waals surface area (Å²) in [5.74, 6) is 0.594. The minimum Gasteiger partial charge on any atom is -0.395 e. The summed E-state index contributed by atoms with van der Waals surface area (Å²) in [6, 6.07) is 0.226. The molecule has 1 rings (SSSR count). The van der Waals surface area contributed by atoms with E-state index in [1.807, 2.05) is 0 Å². The van der Waals surface area contributed by atoms with E-state index in [-0.39, 0.29) is 18.7 Å². The Morgan fingerprint density at radius 1 is 1.19 bits per heavy atom. The Hall–Kier alpha value is -0.160. The van der Waals surface area contributed by atoms with Crippen molar-refractivity contribution in [2.75, 3.05) is 39.8 Å². The van der Waals surface area contributed by atoms with Crippen molar-refractivity contribution in [3.05, 3.63) is 0 Å². The van der Waals surface area contributed by atoms with Crippen LogP contribution in [0.25, 0.3) is 0 Å². The third-order valence-corrected chi connectivity index (χ3v) is 3.43. The SMILES string of the molecule is CC(C)CC(N)C(CO)N1CCN(C)CC1. The predicted octanol–water partition coefficient (Wildman–Crippen LogP) is -0.0319. The fraction of sp³-hybridized carbons (Fsp3) is 1.00. The minimum absolute atomic E-state index is 0.0911. The normalized spacial score (nSPS) is 23.6. The summed E-state index contributed by atoms with van der Waals surface area (Å²) in [5.41, 5.74) is 6.18. The number of nitrogens with zero attached hydrogens (tertiary/aromatic N) is 2. The number of hydrogen-bond acceptors (Lipinski definition) is 4. The molecule has 0 spiro atoms. The molecule has 1 aliphatic rings. The summed E-state index contributed by atoms with van der Waals surface area (Å²) < 4.78 is 0. The van der Waals surface area contributed by atoms with E-state index in [2.05, 4.69) is 30.7 Å². The minimum atomic E-state index is 0.0911. The van der Waals surface area contributed by atoms with Crippen LogP contribution in [0.3, 0.4) is 0 Å². The van der Waals surface area contributed by atoms with Gasteiger partial charge in [-0.05, 0) is 19.4 Å². The molecule has 0 aromatic rings. The second kappa shape index (κ2) is 6.55. The molecule has 0 amide bonds. The maximum atomic E-state index is 9.49. The Bertz CT molecular complexity index is 191. The van der Waals surface area contributed by atoms with Gasteiger partial charge in [0.1, 0.15) is 0 Å². The smallest absolute Gasteiger partial charge is 0.0601 e. The molecule has 1 saturated heterocycles. The quantitative estimate of drug-likeness (QED) is 0.695. The van der Waals surface area contributed by atoms with Gasteiger partial charge in [-0.2, -0.15) is 0 Å². The second-order valence-electron chi connectivity index (χ2n) is 5.38. The molecule has 96 valence electrons. The van der Waals surface area contributed by atoms with Crippen LogP contribution in [0.1, 0.15) is 20.3 Å². The van der Waals surface area contributed by atoms with Gasteiger partial charge >= 0.3 is 0 Å². The lowest BCUT2D eigenvalue weighted by Gasteiger charge is -2.40. The number of hydrogen-bond donors (Lipinski definition) is 2. The number of aliphatic hydroxyl groups is 1. The van der Waals surface area contributed by atoms with E-state index >= 15 is 0 Å². The second-order valence-corrected chi connectivity index (χ2v) is 5.38. The largest absolute Gasteiger partial charge is 0.395 e. The average molecular weight is 229 g/mol. The van der Waals surface area contributed by atoms with Gasteiger partial charge in [-0.3, -0.25) is 4.90 Å². The summed E-state index contributed by atoms with van der Waals surface area (Å²) >= 11 is 0. The highest BCUT2D eigenvalue weighted by Gasteiger charge is 2.26. The zero-order valence-corrected chi connectivity index (χ0v) is 10.9. The van der Waals surface area contributed by atoms with Gasteiger partial charge in [0, 0.05) is 38.3 Å². The molecule has 0 aromatic heterocycles. The van der Waals surface area contributed by atoms with Crippen LogP contribution < -0.4 is 5.73 Å². The van der Waals surface area contributed by atoms with Gasteiger partial charge in [0.15, 0.2) is 0 Å². The van der Waals surface area contributed by atoms with E-state index in [9.17, 15) is 5.11 Å². The first-order valence-corrected chi connectivity index (χ1v) is 6.33. The Balaban J connectivity index is 2.46. The van der Waals surface area contributed by atoms with Crippen LogP contribution in [-0.4, -0.2) is 66.8 Å². The molecule has 0 bridgehead atoms. The average Bonchev–Trinajstić information content (AvgIpc) is 2.21. The highest BCUT2D eigenvalue weighted by molar-refractivity contribution is 4.85. The molecule has 4 nitrogen and oxygen atoms in total. The maximum absolute atomic E-state index is 9.49. The van der Waals surface area contributed by atoms with Crippen LogP contribution in [0.2, 0.25) is 0 Å². The van der Waals surface area contributed by atoms with Crippen molar-refractivity contribution in [2.24, 2.45) is 11.7 Å². The third-order valence-electron chi connectivity index (χ3n) is 3.43. The van der Waals surface area contributed by atoms with Crippen molar-refractivity contribution < 1.29 is 5.11 Å². The highest BCUT2D eigenvalue weighted by atomic mass is 16.3. The van der Waals surface area contributed by atoms with Gasteiger partial charge in [-0.25, -0.2) is 0 Å². The van der Waals surface area contributed by atoms with Crippen LogP contribution in [0.4, 0.5) is 0 Å². The Morgan fingerprint density at radius 3 is 2.19 bits per heavy atom. The van der Waals surface area contributed by atoms with Gasteiger partial charge in [-0.15, -0.1) is 0 Å². The van der Waals surface area contributed by atoms with Gasteiger partial charge < -0.3 is 15.7 Å². The van der Waals surface area contributed by atoms with E-state index in [0.717, 1.165) is 32.6 Å². The molecule has 4 heteroatoms. The molecule has 2 unspecified atom stereocenters. The molecule has 0 saturated carbocycles. The van der Waals surface area contributed by atoms with Crippen molar-refractivity contribution in [1.29, 1.82) is 0 Å². The molecule has 1 heterocycles. The van der Waals surface area contributed by atoms with Crippen molar-refractivity contribution in [1.82, 2.24) is 9.80 Å². The van der Waals surface area contributed by atoms with Crippen molar-refractivity contribution in [3.8, 4) is 0 Å². The predicted molar refractivity (Wildman–Crippen MR) is 67.4 cm³/mol. The summed E-state index contributed by atoms with van der Waals surface area (Å²) in [4.78, 5) is 4.66. The Kier molecular flexibility index (Phi) is 5.69. The van der Waals surface area contributed by atoms with Crippen LogP contribution in [-0.2, 0) is 0 Å². The fourth-order valence-electron chi connectivity index (χ4n) is 2.38. The van der Waals surface area contributed by atoms with E-state index < -0.39 is 0 Å². The van der Waals surface area contributed by atoms with Gasteiger partial charge in [0.2, 0.25) is 0 Å². The van der Waals surface area contributed by atoms with E-state index in [0.29, 0.717) is 5.92 Å². The third kappa shape index (κ3) is 4.01. The van der Waals surface area contributed by atoms with E-state index in [4.69, 9.17) is 5.73 Å². The van der Waals surface area contributed by atoms with Crippen LogP contribution in [0.15, 0.2) is 0 Å². The maximum Gasteiger partial charge on any atom is 0.0601 e. The molecule has 1 aliphatic heterocycles. The molecular formula is C12H27N3O. The highest BCUT2D eigenvalue weighted by Crippen LogP contribution is 2.13. The van der Waals surface area contributed by atoms with Crippen LogP contribution in [0, 0.1) is 5.92 Å². The summed E-state index contributed by atoms with van der Waals surface area (Å²) in [5, 5.41) is 9.49. The molecule has 2 atom stereocenters. The summed E-state index contributed by atoms with van der Waals surface area (Å²) in [6.07, 6.45) is 0.984. The number of likely N-dealkylation sites (N-methyl/N-ethyl adjacent to an activating group) is 1. The van der Waals surface area contributed by atoms with E-state index in [1.54, 1.807) is 0 Å². The number of aliphatic hydroxyl groups excluding tert-OH is 1. The number of piperazine rings is 1. The van der Waals surface area contributed by atoms with Gasteiger partial charge in [-0.1, -0.05) is 13.8 Å². The zero-order valence-electron chi connectivity index (χ0n) is 10.9. The number of nitrogens with two attached hydrogens (primary N) is 1. The molecule has 1 fully saturated rings. The first-order valence-electron chi connectivity index (χ1n) is 6.33. The molecule has 0 radical (unpaired) electrons. The lowest BCUT2D eigenvalue weighted by atomic mass is 9.97. The van der Waals surface area contributed by atoms with Crippen molar-refractivity contribution in [2.45, 2.75) is 32.4 Å². The number of rotatable bonds is 5. The van der Waals surface area contributed by atoms with Gasteiger partial charge in [0.25, 0.3) is 0 Å². The summed E-state index contributed by atoms with van der Waals surface area (Å²) in [7, 11) is 2.14. The topological polar surface area (TPSA) is 52.7 Å². The van der Waals surface area contributed by atoms with Crippen LogP contribution >= 0.6 is 0 Å². The molecule has 0 aliphatic carbocycles.